The third kappa shape index (κ3) is 10.8. The molecular weight excluding hydrogens is 452 g/mol. The minimum atomic E-state index is -0.288. The van der Waals surface area contributed by atoms with E-state index in [1.165, 1.54) is 0 Å². The normalized spacial score (nSPS) is 10.5. The zero-order valence-corrected chi connectivity index (χ0v) is 19.6. The first-order chi connectivity index (χ1) is 14.5. The molecule has 6 nitrogen and oxygen atoms in total. The smallest absolute Gasteiger partial charge is 0.306 e. The summed E-state index contributed by atoms with van der Waals surface area (Å²) in [5.74, 6) is 0.0952. The van der Waals surface area contributed by atoms with Gasteiger partial charge in [-0.1, -0.05) is 15.9 Å². The highest BCUT2D eigenvalue weighted by molar-refractivity contribution is 9.09. The van der Waals surface area contributed by atoms with Crippen molar-refractivity contribution in [2.45, 2.75) is 65.2 Å². The summed E-state index contributed by atoms with van der Waals surface area (Å²) in [5, 5.41) is 0.977. The van der Waals surface area contributed by atoms with Gasteiger partial charge in [0.2, 0.25) is 0 Å². The molecule has 0 aliphatic heterocycles. The van der Waals surface area contributed by atoms with Crippen molar-refractivity contribution >= 4 is 33.7 Å². The van der Waals surface area contributed by atoms with Crippen LogP contribution in [0.4, 0.5) is 0 Å². The maximum atomic E-state index is 12.5. The number of alkyl halides is 1. The van der Waals surface area contributed by atoms with Crippen LogP contribution in [0.5, 0.6) is 5.75 Å². The van der Waals surface area contributed by atoms with Crippen LogP contribution >= 0.6 is 15.9 Å². The molecule has 1 rings (SSSR count). The molecule has 0 amide bonds. The molecule has 0 fully saturated rings. The molecule has 0 N–H and O–H groups in total. The largest absolute Gasteiger partial charge is 0.493 e. The summed E-state index contributed by atoms with van der Waals surface area (Å²) in [4.78, 5) is 35.7. The first-order valence-electron chi connectivity index (χ1n) is 10.7. The molecule has 0 aliphatic rings. The number of unbranched alkanes of at least 4 members (excludes halogenated alkanes) is 2. The Morgan fingerprint density at radius 2 is 1.57 bits per heavy atom. The lowest BCUT2D eigenvalue weighted by molar-refractivity contribution is -0.144. The third-order valence-electron chi connectivity index (χ3n) is 4.41. The van der Waals surface area contributed by atoms with E-state index in [-0.39, 0.29) is 37.0 Å². The zero-order chi connectivity index (χ0) is 22.2. The van der Waals surface area contributed by atoms with Crippen LogP contribution in [0.2, 0.25) is 0 Å². The molecule has 0 aromatic heterocycles. The Labute approximate surface area is 187 Å². The third-order valence-corrected chi connectivity index (χ3v) is 4.97. The molecule has 0 radical (unpaired) electrons. The van der Waals surface area contributed by atoms with E-state index in [0.717, 1.165) is 30.2 Å². The van der Waals surface area contributed by atoms with Gasteiger partial charge in [-0.3, -0.25) is 14.4 Å². The Hall–Kier alpha value is -1.89. The molecule has 0 unspecified atom stereocenters. The molecule has 0 heterocycles. The van der Waals surface area contributed by atoms with E-state index < -0.39 is 0 Å². The Kier molecular flexibility index (Phi) is 13.8. The standard InChI is InChI=1S/C23H33BrO6/c1-3-28-22(26)10-8-9-20(25)18-11-13-21(30-16-7-5-6-15-24)19(17-18)12-14-23(27)29-4-2/h11,13,17H,3-10,12,14-16H2,1-2H3. The van der Waals surface area contributed by atoms with Crippen molar-refractivity contribution in [2.24, 2.45) is 0 Å². The molecule has 1 aromatic carbocycles. The van der Waals surface area contributed by atoms with Gasteiger partial charge in [0, 0.05) is 30.2 Å². The van der Waals surface area contributed by atoms with Gasteiger partial charge in [-0.2, -0.15) is 0 Å². The second-order valence-electron chi connectivity index (χ2n) is 6.81. The van der Waals surface area contributed by atoms with Crippen LogP contribution in [0.25, 0.3) is 0 Å². The minimum absolute atomic E-state index is 0.0412. The SMILES string of the molecule is CCOC(=O)CCCC(=O)c1ccc(OCCCCCBr)c(CCC(=O)OCC)c1. The lowest BCUT2D eigenvalue weighted by atomic mass is 10.00. The monoisotopic (exact) mass is 484 g/mol. The van der Waals surface area contributed by atoms with Crippen LogP contribution in [-0.4, -0.2) is 42.9 Å². The van der Waals surface area contributed by atoms with Crippen molar-refractivity contribution in [1.82, 2.24) is 0 Å². The van der Waals surface area contributed by atoms with Gasteiger partial charge < -0.3 is 14.2 Å². The fourth-order valence-corrected chi connectivity index (χ4v) is 3.28. The molecule has 1 aromatic rings. The number of carbonyl (C=O) groups excluding carboxylic acids is 3. The van der Waals surface area contributed by atoms with E-state index in [2.05, 4.69) is 15.9 Å². The number of benzene rings is 1. The fraction of sp³-hybridized carbons (Fsp3) is 0.609. The van der Waals surface area contributed by atoms with Gasteiger partial charge in [-0.05, 0) is 69.7 Å². The van der Waals surface area contributed by atoms with Crippen molar-refractivity contribution < 1.29 is 28.6 Å². The predicted molar refractivity (Wildman–Crippen MR) is 119 cm³/mol. The summed E-state index contributed by atoms with van der Waals surface area (Å²) < 4.78 is 15.8. The molecule has 0 aliphatic carbocycles. The summed E-state index contributed by atoms with van der Waals surface area (Å²) in [7, 11) is 0. The molecule has 0 atom stereocenters. The minimum Gasteiger partial charge on any atom is -0.493 e. The van der Waals surface area contributed by atoms with E-state index >= 15 is 0 Å². The van der Waals surface area contributed by atoms with Gasteiger partial charge in [-0.15, -0.1) is 0 Å². The van der Waals surface area contributed by atoms with Crippen molar-refractivity contribution in [3.8, 4) is 5.75 Å². The molecular formula is C23H33BrO6. The van der Waals surface area contributed by atoms with Crippen LogP contribution in [0.3, 0.4) is 0 Å². The summed E-state index contributed by atoms with van der Waals surface area (Å²) >= 11 is 3.42. The number of aryl methyl sites for hydroxylation is 1. The number of ether oxygens (including phenoxy) is 3. The van der Waals surface area contributed by atoms with E-state index in [9.17, 15) is 14.4 Å². The first kappa shape index (κ1) is 26.1. The van der Waals surface area contributed by atoms with Crippen LogP contribution in [-0.2, 0) is 25.5 Å². The molecule has 30 heavy (non-hydrogen) atoms. The van der Waals surface area contributed by atoms with Gasteiger partial charge >= 0.3 is 11.9 Å². The lowest BCUT2D eigenvalue weighted by Crippen LogP contribution is -2.09. The number of halogens is 1. The number of ketones is 1. The summed E-state index contributed by atoms with van der Waals surface area (Å²) in [6.07, 6.45) is 4.72. The number of hydrogen-bond acceptors (Lipinski definition) is 6. The van der Waals surface area contributed by atoms with Crippen LogP contribution in [0, 0.1) is 0 Å². The summed E-state index contributed by atoms with van der Waals surface area (Å²) in [6.45, 7) is 4.80. The Morgan fingerprint density at radius 3 is 2.23 bits per heavy atom. The second kappa shape index (κ2) is 15.9. The highest BCUT2D eigenvalue weighted by Gasteiger charge is 2.14. The average Bonchev–Trinajstić information content (AvgIpc) is 2.73. The maximum Gasteiger partial charge on any atom is 0.306 e. The quantitative estimate of drug-likeness (QED) is 0.141. The topological polar surface area (TPSA) is 78.9 Å². The van der Waals surface area contributed by atoms with Crippen molar-refractivity contribution in [2.75, 3.05) is 25.2 Å². The molecule has 0 bridgehead atoms. The second-order valence-corrected chi connectivity index (χ2v) is 7.60. The highest BCUT2D eigenvalue weighted by Crippen LogP contribution is 2.24. The average molecular weight is 485 g/mol. The van der Waals surface area contributed by atoms with Crippen LogP contribution in [0.15, 0.2) is 18.2 Å². The summed E-state index contributed by atoms with van der Waals surface area (Å²) in [5.41, 5.74) is 1.38. The molecule has 0 saturated heterocycles. The molecule has 7 heteroatoms. The van der Waals surface area contributed by atoms with E-state index in [4.69, 9.17) is 14.2 Å². The number of rotatable bonds is 16. The van der Waals surface area contributed by atoms with Gasteiger partial charge in [0.15, 0.2) is 5.78 Å². The van der Waals surface area contributed by atoms with Crippen molar-refractivity contribution in [3.05, 3.63) is 29.3 Å². The Morgan fingerprint density at radius 1 is 0.867 bits per heavy atom. The van der Waals surface area contributed by atoms with Gasteiger partial charge in [0.1, 0.15) is 5.75 Å². The Balaban J connectivity index is 2.75. The predicted octanol–water partition coefficient (Wildman–Crippen LogP) is 5.04. The number of esters is 2. The molecule has 0 spiro atoms. The van der Waals surface area contributed by atoms with Crippen molar-refractivity contribution in [1.29, 1.82) is 0 Å². The zero-order valence-electron chi connectivity index (χ0n) is 18.0. The summed E-state index contributed by atoms with van der Waals surface area (Å²) in [6, 6.07) is 5.33. The number of carbonyl (C=O) groups is 3. The first-order valence-corrected chi connectivity index (χ1v) is 11.8. The van der Waals surface area contributed by atoms with Crippen LogP contribution < -0.4 is 4.74 Å². The van der Waals surface area contributed by atoms with E-state index in [1.807, 2.05) is 0 Å². The number of Topliss-reactive ketones (excluding diaryl/α,β-unsaturated/α-hetero) is 1. The van der Waals surface area contributed by atoms with Crippen molar-refractivity contribution in [3.63, 3.8) is 0 Å². The van der Waals surface area contributed by atoms with E-state index in [0.29, 0.717) is 44.0 Å². The number of hydrogen-bond donors (Lipinski definition) is 0. The highest BCUT2D eigenvalue weighted by atomic mass is 79.9. The molecule has 168 valence electrons. The fourth-order valence-electron chi connectivity index (χ4n) is 2.89. The van der Waals surface area contributed by atoms with Crippen LogP contribution in [0.1, 0.15) is 74.7 Å². The molecule has 0 saturated carbocycles. The Bertz CT molecular complexity index is 674. The lowest BCUT2D eigenvalue weighted by Gasteiger charge is -2.13. The van der Waals surface area contributed by atoms with Gasteiger partial charge in [0.05, 0.1) is 19.8 Å². The van der Waals surface area contributed by atoms with E-state index in [1.54, 1.807) is 32.0 Å². The van der Waals surface area contributed by atoms with Gasteiger partial charge in [-0.25, -0.2) is 0 Å². The maximum absolute atomic E-state index is 12.5. The van der Waals surface area contributed by atoms with Gasteiger partial charge in [0.25, 0.3) is 0 Å².